The van der Waals surface area contributed by atoms with Crippen molar-refractivity contribution in [2.24, 2.45) is 29.4 Å². The minimum Gasteiger partial charge on any atom is -0.507 e. The lowest BCUT2D eigenvalue weighted by atomic mass is 9.83. The Morgan fingerprint density at radius 2 is 1.69 bits per heavy atom. The van der Waals surface area contributed by atoms with Gasteiger partial charge in [0, 0.05) is 25.0 Å². The second kappa shape index (κ2) is 14.1. The van der Waals surface area contributed by atoms with Crippen molar-refractivity contribution in [3.05, 3.63) is 29.8 Å². The molecule has 0 saturated heterocycles. The van der Waals surface area contributed by atoms with E-state index in [1.165, 1.54) is 6.07 Å². The molecule has 0 aliphatic carbocycles. The van der Waals surface area contributed by atoms with Gasteiger partial charge in [-0.25, -0.2) is 0 Å². The molecule has 0 aliphatic heterocycles. The van der Waals surface area contributed by atoms with Crippen molar-refractivity contribution in [2.45, 2.75) is 72.4 Å². The Labute approximate surface area is 193 Å². The molecule has 1 aromatic carbocycles. The number of aliphatic hydroxyl groups is 1. The first-order chi connectivity index (χ1) is 15.1. The van der Waals surface area contributed by atoms with Gasteiger partial charge in [0.05, 0.1) is 11.7 Å². The lowest BCUT2D eigenvalue weighted by Gasteiger charge is -2.30. The summed E-state index contributed by atoms with van der Waals surface area (Å²) in [6.07, 6.45) is 1.96. The number of carbonyl (C=O) groups excluding carboxylic acids is 2. The van der Waals surface area contributed by atoms with Crippen LogP contribution in [0, 0.1) is 23.7 Å². The van der Waals surface area contributed by atoms with Crippen molar-refractivity contribution >= 4 is 11.8 Å². The first-order valence-electron chi connectivity index (χ1n) is 11.9. The normalized spacial score (nSPS) is 15.3. The fourth-order valence-corrected chi connectivity index (χ4v) is 3.72. The van der Waals surface area contributed by atoms with Crippen molar-refractivity contribution < 1.29 is 19.8 Å². The molecule has 7 nitrogen and oxygen atoms in total. The third-order valence-corrected chi connectivity index (χ3v) is 6.15. The number of phenols is 1. The van der Waals surface area contributed by atoms with E-state index in [9.17, 15) is 19.8 Å². The lowest BCUT2D eigenvalue weighted by molar-refractivity contribution is -0.127. The molecule has 7 heteroatoms. The van der Waals surface area contributed by atoms with Crippen LogP contribution in [-0.2, 0) is 4.79 Å². The van der Waals surface area contributed by atoms with Gasteiger partial charge in [-0.05, 0) is 49.1 Å². The molecule has 0 saturated carbocycles. The van der Waals surface area contributed by atoms with Gasteiger partial charge in [0.1, 0.15) is 5.75 Å². The van der Waals surface area contributed by atoms with Gasteiger partial charge in [-0.2, -0.15) is 0 Å². The van der Waals surface area contributed by atoms with Crippen LogP contribution in [0.25, 0.3) is 0 Å². The van der Waals surface area contributed by atoms with E-state index in [4.69, 9.17) is 5.73 Å². The molecule has 0 spiro atoms. The molecule has 0 heterocycles. The number of amides is 2. The third kappa shape index (κ3) is 9.17. The highest BCUT2D eigenvalue weighted by atomic mass is 16.3. The summed E-state index contributed by atoms with van der Waals surface area (Å²) in [6, 6.07) is 5.91. The molecule has 0 aromatic heterocycles. The van der Waals surface area contributed by atoms with Crippen LogP contribution in [0.2, 0.25) is 0 Å². The topological polar surface area (TPSA) is 125 Å². The molecule has 0 aliphatic rings. The van der Waals surface area contributed by atoms with E-state index in [0.717, 1.165) is 12.8 Å². The largest absolute Gasteiger partial charge is 0.507 e. The molecule has 1 aromatic rings. The van der Waals surface area contributed by atoms with Crippen LogP contribution in [0.15, 0.2) is 24.3 Å². The fraction of sp³-hybridized carbons (Fsp3) is 0.680. The average Bonchev–Trinajstić information content (AvgIpc) is 2.74. The maximum absolute atomic E-state index is 12.6. The van der Waals surface area contributed by atoms with E-state index in [1.807, 2.05) is 27.7 Å². The second-order valence-corrected chi connectivity index (χ2v) is 9.43. The van der Waals surface area contributed by atoms with Gasteiger partial charge >= 0.3 is 0 Å². The zero-order valence-electron chi connectivity index (χ0n) is 20.3. The number of hydrogen-bond acceptors (Lipinski definition) is 5. The standard InChI is InChI=1S/C25H43N3O4/c1-6-7-12-27-25(32)20(17(4)5)14-23(30)21(26)13-18(16(2)3)15-28-24(31)19-10-8-9-11-22(19)29/h8-11,16-18,20-21,23,29-30H,6-7,12-15,26H2,1-5H3,(H,27,32)(H,28,31). The highest BCUT2D eigenvalue weighted by molar-refractivity contribution is 5.96. The Balaban J connectivity index is 2.67. The molecular weight excluding hydrogens is 406 g/mol. The SMILES string of the molecule is CCCCNC(=O)C(CC(O)C(N)CC(CNC(=O)c1ccccc1O)C(C)C)C(C)C. The Hall–Kier alpha value is -2.12. The molecule has 2 amide bonds. The summed E-state index contributed by atoms with van der Waals surface area (Å²) < 4.78 is 0. The van der Waals surface area contributed by atoms with Crippen LogP contribution in [0.4, 0.5) is 0 Å². The molecule has 1 rings (SSSR count). The molecule has 0 fully saturated rings. The maximum atomic E-state index is 12.6. The number of unbranched alkanes of at least 4 members (excludes halogenated alkanes) is 1. The van der Waals surface area contributed by atoms with E-state index in [1.54, 1.807) is 18.2 Å². The Morgan fingerprint density at radius 1 is 1.03 bits per heavy atom. The van der Waals surface area contributed by atoms with Crippen LogP contribution in [0.3, 0.4) is 0 Å². The van der Waals surface area contributed by atoms with Gasteiger partial charge in [0.15, 0.2) is 0 Å². The van der Waals surface area contributed by atoms with Gasteiger partial charge in [0.25, 0.3) is 5.91 Å². The summed E-state index contributed by atoms with van der Waals surface area (Å²) >= 11 is 0. The van der Waals surface area contributed by atoms with Crippen molar-refractivity contribution in [1.29, 1.82) is 0 Å². The molecule has 4 unspecified atom stereocenters. The van der Waals surface area contributed by atoms with Crippen LogP contribution in [0.1, 0.15) is 70.7 Å². The van der Waals surface area contributed by atoms with Crippen molar-refractivity contribution in [3.8, 4) is 5.75 Å². The summed E-state index contributed by atoms with van der Waals surface area (Å²) in [5.41, 5.74) is 6.56. The van der Waals surface area contributed by atoms with E-state index in [0.29, 0.717) is 25.9 Å². The summed E-state index contributed by atoms with van der Waals surface area (Å²) in [6.45, 7) is 11.2. The predicted molar refractivity (Wildman–Crippen MR) is 128 cm³/mol. The molecule has 32 heavy (non-hydrogen) atoms. The Morgan fingerprint density at radius 3 is 2.25 bits per heavy atom. The summed E-state index contributed by atoms with van der Waals surface area (Å²) in [5.74, 6) is -0.360. The van der Waals surface area contributed by atoms with Gasteiger partial charge < -0.3 is 26.6 Å². The van der Waals surface area contributed by atoms with Gasteiger partial charge in [-0.15, -0.1) is 0 Å². The second-order valence-electron chi connectivity index (χ2n) is 9.43. The number of phenolic OH excluding ortho intramolecular Hbond substituents is 1. The minimum atomic E-state index is -0.811. The minimum absolute atomic E-state index is 0.0324. The fourth-order valence-electron chi connectivity index (χ4n) is 3.72. The van der Waals surface area contributed by atoms with Crippen LogP contribution >= 0.6 is 0 Å². The summed E-state index contributed by atoms with van der Waals surface area (Å²) in [7, 11) is 0. The van der Waals surface area contributed by atoms with Gasteiger partial charge in [0.2, 0.25) is 5.91 Å². The number of carbonyl (C=O) groups is 2. The molecule has 182 valence electrons. The first-order valence-corrected chi connectivity index (χ1v) is 11.9. The number of nitrogens with one attached hydrogen (secondary N) is 2. The zero-order chi connectivity index (χ0) is 24.3. The van der Waals surface area contributed by atoms with Gasteiger partial charge in [-0.1, -0.05) is 53.2 Å². The molecule has 0 bridgehead atoms. The van der Waals surface area contributed by atoms with Crippen LogP contribution < -0.4 is 16.4 Å². The highest BCUT2D eigenvalue weighted by Gasteiger charge is 2.29. The number of aliphatic hydroxyl groups excluding tert-OH is 1. The Bertz CT molecular complexity index is 708. The Kier molecular flexibility index (Phi) is 12.3. The molecule has 0 radical (unpaired) electrons. The van der Waals surface area contributed by atoms with E-state index in [2.05, 4.69) is 17.6 Å². The number of nitrogens with two attached hydrogens (primary N) is 1. The number of aromatic hydroxyl groups is 1. The average molecular weight is 450 g/mol. The van der Waals surface area contributed by atoms with Crippen LogP contribution in [0.5, 0.6) is 5.75 Å². The van der Waals surface area contributed by atoms with E-state index < -0.39 is 12.1 Å². The maximum Gasteiger partial charge on any atom is 0.255 e. The van der Waals surface area contributed by atoms with Crippen LogP contribution in [-0.4, -0.2) is 47.3 Å². The van der Waals surface area contributed by atoms with Crippen molar-refractivity contribution in [1.82, 2.24) is 10.6 Å². The van der Waals surface area contributed by atoms with Gasteiger partial charge in [-0.3, -0.25) is 9.59 Å². The number of para-hydroxylation sites is 1. The monoisotopic (exact) mass is 449 g/mol. The summed E-state index contributed by atoms with van der Waals surface area (Å²) in [5, 5.41) is 26.5. The molecule has 6 N–H and O–H groups in total. The van der Waals surface area contributed by atoms with E-state index in [-0.39, 0.29) is 46.8 Å². The predicted octanol–water partition coefficient (Wildman–Crippen LogP) is 3.05. The first kappa shape index (κ1) is 27.9. The zero-order valence-corrected chi connectivity index (χ0v) is 20.3. The quantitative estimate of drug-likeness (QED) is 0.279. The number of rotatable bonds is 14. The number of benzene rings is 1. The van der Waals surface area contributed by atoms with E-state index >= 15 is 0 Å². The molecular formula is C25H43N3O4. The van der Waals surface area contributed by atoms with Crippen molar-refractivity contribution in [2.75, 3.05) is 13.1 Å². The third-order valence-electron chi connectivity index (χ3n) is 6.15. The summed E-state index contributed by atoms with van der Waals surface area (Å²) in [4.78, 5) is 25.0. The van der Waals surface area contributed by atoms with Crippen molar-refractivity contribution in [3.63, 3.8) is 0 Å². The highest BCUT2D eigenvalue weighted by Crippen LogP contribution is 2.23. The lowest BCUT2D eigenvalue weighted by Crippen LogP contribution is -2.44. The number of hydrogen-bond donors (Lipinski definition) is 5. The molecule has 4 atom stereocenters. The smallest absolute Gasteiger partial charge is 0.255 e.